The fraction of sp³-hybridized carbons (Fsp3) is 0.200. The number of likely N-dealkylation sites (N-methyl/N-ethyl adjacent to an activating group) is 1. The van der Waals surface area contributed by atoms with Crippen LogP contribution in [0.25, 0.3) is 0 Å². The molecule has 26 heavy (non-hydrogen) atoms. The van der Waals surface area contributed by atoms with Crippen LogP contribution in [0.1, 0.15) is 5.56 Å². The molecule has 0 aliphatic rings. The minimum absolute atomic E-state index is 0.0634. The van der Waals surface area contributed by atoms with Crippen molar-refractivity contribution in [2.45, 2.75) is 4.90 Å². The van der Waals surface area contributed by atoms with Gasteiger partial charge >= 0.3 is 0 Å². The first-order valence-electron chi connectivity index (χ1n) is 7.36. The first-order valence-corrected chi connectivity index (χ1v) is 8.85. The fourth-order valence-corrected chi connectivity index (χ4v) is 3.08. The highest BCUT2D eigenvalue weighted by atomic mass is 32.2. The molecule has 0 amide bonds. The molecule has 3 N–H and O–H groups in total. The Balaban J connectivity index is 1.98. The molecule has 0 spiro atoms. The second-order valence-corrected chi connectivity index (χ2v) is 7.05. The summed E-state index contributed by atoms with van der Waals surface area (Å²) in [5.74, 6) is 0.597. The average Bonchev–Trinajstić information content (AvgIpc) is 2.61. The van der Waals surface area contributed by atoms with Crippen molar-refractivity contribution in [1.29, 1.82) is 5.26 Å². The number of aromatic nitrogens is 1. The number of nitrogen functional groups attached to an aromatic ring is 1. The smallest absolute Gasteiger partial charge is 0.269 e. The first kappa shape index (κ1) is 19.1. The topological polar surface area (TPSA) is 155 Å². The summed E-state index contributed by atoms with van der Waals surface area (Å²) >= 11 is 0. The van der Waals surface area contributed by atoms with E-state index in [0.29, 0.717) is 12.4 Å². The van der Waals surface area contributed by atoms with Crippen molar-refractivity contribution in [2.75, 3.05) is 30.8 Å². The van der Waals surface area contributed by atoms with Crippen molar-refractivity contribution in [1.82, 2.24) is 9.71 Å². The zero-order chi connectivity index (χ0) is 19.3. The van der Waals surface area contributed by atoms with Crippen molar-refractivity contribution in [2.24, 2.45) is 0 Å². The molecule has 136 valence electrons. The number of nitriles is 1. The minimum Gasteiger partial charge on any atom is -0.383 e. The van der Waals surface area contributed by atoms with Gasteiger partial charge in [-0.15, -0.1) is 0 Å². The van der Waals surface area contributed by atoms with Gasteiger partial charge in [0, 0.05) is 32.3 Å². The average molecular weight is 376 g/mol. The maximum atomic E-state index is 12.2. The summed E-state index contributed by atoms with van der Waals surface area (Å²) in [5, 5.41) is 19.4. The van der Waals surface area contributed by atoms with E-state index in [1.54, 1.807) is 18.0 Å². The predicted octanol–water partition coefficient (Wildman–Crippen LogP) is 0.858. The zero-order valence-corrected chi connectivity index (χ0v) is 14.6. The van der Waals surface area contributed by atoms with Gasteiger partial charge in [-0.3, -0.25) is 10.1 Å². The number of hydrogen-bond acceptors (Lipinski definition) is 8. The molecular weight excluding hydrogens is 360 g/mol. The highest BCUT2D eigenvalue weighted by Crippen LogP contribution is 2.16. The fourth-order valence-electron chi connectivity index (χ4n) is 2.06. The van der Waals surface area contributed by atoms with Gasteiger partial charge in [-0.25, -0.2) is 18.1 Å². The molecule has 0 aliphatic heterocycles. The summed E-state index contributed by atoms with van der Waals surface area (Å²) in [4.78, 5) is 15.7. The van der Waals surface area contributed by atoms with Gasteiger partial charge in [0.15, 0.2) is 0 Å². The van der Waals surface area contributed by atoms with Gasteiger partial charge in [0.25, 0.3) is 5.69 Å². The van der Waals surface area contributed by atoms with Gasteiger partial charge in [0.1, 0.15) is 17.7 Å². The van der Waals surface area contributed by atoms with Crippen LogP contribution in [0.3, 0.4) is 0 Å². The van der Waals surface area contributed by atoms with Crippen molar-refractivity contribution < 1.29 is 13.3 Å². The predicted molar refractivity (Wildman–Crippen MR) is 94.9 cm³/mol. The van der Waals surface area contributed by atoms with Gasteiger partial charge in [-0.2, -0.15) is 5.26 Å². The maximum Gasteiger partial charge on any atom is 0.269 e. The van der Waals surface area contributed by atoms with Crippen LogP contribution in [-0.2, 0) is 10.0 Å². The van der Waals surface area contributed by atoms with Gasteiger partial charge in [-0.1, -0.05) is 0 Å². The summed E-state index contributed by atoms with van der Waals surface area (Å²) in [5.41, 5.74) is 5.74. The number of nitrogens with zero attached hydrogens (tertiary/aromatic N) is 4. The Morgan fingerprint density at radius 3 is 2.50 bits per heavy atom. The Kier molecular flexibility index (Phi) is 5.71. The van der Waals surface area contributed by atoms with Crippen LogP contribution in [0.15, 0.2) is 41.3 Å². The molecule has 0 unspecified atom stereocenters. The standard InChI is InChI=1S/C15H16N6O4S/c1-20(14-7-2-11(10-16)15(17)19-14)9-8-18-26(24,25)13-5-3-12(4-6-13)21(22)23/h2-7,18H,8-9H2,1H3,(H2,17,19). The second kappa shape index (κ2) is 7.77. The van der Waals surface area contributed by atoms with Gasteiger partial charge < -0.3 is 10.6 Å². The molecule has 0 atom stereocenters. The monoisotopic (exact) mass is 376 g/mol. The third-order valence-corrected chi connectivity index (χ3v) is 5.00. The van der Waals surface area contributed by atoms with E-state index in [0.717, 1.165) is 12.1 Å². The summed E-state index contributed by atoms with van der Waals surface area (Å²) in [7, 11) is -2.08. The van der Waals surface area contributed by atoms with Gasteiger partial charge in [-0.05, 0) is 24.3 Å². The number of nitro benzene ring substituents is 1. The Bertz CT molecular complexity index is 953. The van der Waals surface area contributed by atoms with Crippen molar-refractivity contribution >= 4 is 27.3 Å². The molecule has 2 aromatic rings. The zero-order valence-electron chi connectivity index (χ0n) is 13.8. The molecule has 0 bridgehead atoms. The minimum atomic E-state index is -3.79. The van der Waals surface area contributed by atoms with Crippen LogP contribution >= 0.6 is 0 Å². The Morgan fingerprint density at radius 1 is 1.31 bits per heavy atom. The molecule has 0 fully saturated rings. The maximum absolute atomic E-state index is 12.2. The Labute approximate surface area is 150 Å². The third kappa shape index (κ3) is 4.44. The number of non-ortho nitro benzene ring substituents is 1. The number of benzene rings is 1. The summed E-state index contributed by atoms with van der Waals surface area (Å²) in [6, 6.07) is 9.67. The number of sulfonamides is 1. The molecule has 0 saturated carbocycles. The van der Waals surface area contributed by atoms with Gasteiger partial charge in [0.05, 0.1) is 15.4 Å². The number of pyridine rings is 1. The molecule has 0 saturated heterocycles. The van der Waals surface area contributed by atoms with Gasteiger partial charge in [0.2, 0.25) is 10.0 Å². The van der Waals surface area contributed by atoms with E-state index < -0.39 is 14.9 Å². The lowest BCUT2D eigenvalue weighted by Gasteiger charge is -2.19. The van der Waals surface area contributed by atoms with Crippen molar-refractivity contribution in [3.05, 3.63) is 52.1 Å². The lowest BCUT2D eigenvalue weighted by atomic mass is 10.3. The van der Waals surface area contributed by atoms with E-state index in [2.05, 4.69) is 9.71 Å². The van der Waals surface area contributed by atoms with E-state index in [1.807, 2.05) is 6.07 Å². The normalized spacial score (nSPS) is 10.9. The molecule has 11 heteroatoms. The van der Waals surface area contributed by atoms with E-state index in [9.17, 15) is 18.5 Å². The molecule has 1 heterocycles. The number of anilines is 2. The Hall–Kier alpha value is -3.23. The Morgan fingerprint density at radius 2 is 1.96 bits per heavy atom. The van der Waals surface area contributed by atoms with E-state index >= 15 is 0 Å². The molecule has 0 aliphatic carbocycles. The first-order chi connectivity index (χ1) is 12.2. The lowest BCUT2D eigenvalue weighted by molar-refractivity contribution is -0.384. The largest absolute Gasteiger partial charge is 0.383 e. The molecule has 10 nitrogen and oxygen atoms in total. The van der Waals surface area contributed by atoms with E-state index in [-0.39, 0.29) is 28.5 Å². The SMILES string of the molecule is CN(CCNS(=O)(=O)c1ccc([N+](=O)[O-])cc1)c1ccc(C#N)c(N)n1. The second-order valence-electron chi connectivity index (χ2n) is 5.28. The summed E-state index contributed by atoms with van der Waals surface area (Å²) in [6.07, 6.45) is 0. The lowest BCUT2D eigenvalue weighted by Crippen LogP contribution is -2.33. The number of nitro groups is 1. The quantitative estimate of drug-likeness (QED) is 0.532. The van der Waals surface area contributed by atoms with E-state index in [4.69, 9.17) is 11.0 Å². The van der Waals surface area contributed by atoms with Crippen LogP contribution in [0, 0.1) is 21.4 Å². The van der Waals surface area contributed by atoms with E-state index in [1.165, 1.54) is 18.2 Å². The van der Waals surface area contributed by atoms with Crippen LogP contribution < -0.4 is 15.4 Å². The van der Waals surface area contributed by atoms with Crippen LogP contribution in [0.4, 0.5) is 17.3 Å². The highest BCUT2D eigenvalue weighted by Gasteiger charge is 2.16. The van der Waals surface area contributed by atoms with Crippen LogP contribution in [0.5, 0.6) is 0 Å². The molecule has 1 aromatic carbocycles. The number of hydrogen-bond donors (Lipinski definition) is 2. The highest BCUT2D eigenvalue weighted by molar-refractivity contribution is 7.89. The van der Waals surface area contributed by atoms with Crippen molar-refractivity contribution in [3.8, 4) is 6.07 Å². The number of rotatable bonds is 7. The summed E-state index contributed by atoms with van der Waals surface area (Å²) in [6.45, 7) is 0.377. The molecular formula is C15H16N6O4S. The number of nitrogens with one attached hydrogen (secondary N) is 1. The third-order valence-electron chi connectivity index (χ3n) is 3.52. The molecule has 0 radical (unpaired) electrons. The molecule has 1 aromatic heterocycles. The molecule has 2 rings (SSSR count). The summed E-state index contributed by atoms with van der Waals surface area (Å²) < 4.78 is 26.8. The van der Waals surface area contributed by atoms with Crippen molar-refractivity contribution in [3.63, 3.8) is 0 Å². The number of nitrogens with two attached hydrogens (primary N) is 1. The van der Waals surface area contributed by atoms with Crippen LogP contribution in [-0.4, -0.2) is 38.5 Å². The van der Waals surface area contributed by atoms with Crippen LogP contribution in [0.2, 0.25) is 0 Å².